The Morgan fingerprint density at radius 3 is 2.69 bits per heavy atom. The first-order valence-corrected chi connectivity index (χ1v) is 9.80. The van der Waals surface area contributed by atoms with Crippen LogP contribution in [0.3, 0.4) is 0 Å². The van der Waals surface area contributed by atoms with Crippen molar-refractivity contribution in [2.75, 3.05) is 18.4 Å². The number of nitrogens with one attached hydrogen (secondary N) is 1. The number of nitrogens with zero attached hydrogens (tertiary/aromatic N) is 2. The number of likely N-dealkylation sites (tertiary alicyclic amines) is 1. The molecule has 5 nitrogen and oxygen atoms in total. The van der Waals surface area contributed by atoms with Gasteiger partial charge < -0.3 is 10.2 Å². The van der Waals surface area contributed by atoms with Crippen molar-refractivity contribution >= 4 is 40.1 Å². The van der Waals surface area contributed by atoms with Gasteiger partial charge in [0.05, 0.1) is 16.5 Å². The molecule has 2 aromatic carbocycles. The molecule has 1 saturated heterocycles. The topological polar surface area (TPSA) is 62.3 Å². The second-order valence-electron chi connectivity index (χ2n) is 7.09. The fourth-order valence-corrected chi connectivity index (χ4v) is 3.78. The van der Waals surface area contributed by atoms with Gasteiger partial charge in [0.1, 0.15) is 11.6 Å². The van der Waals surface area contributed by atoms with E-state index in [1.807, 2.05) is 18.2 Å². The summed E-state index contributed by atoms with van der Waals surface area (Å²) in [5, 5.41) is 4.25. The molecule has 3 aromatic rings. The lowest BCUT2D eigenvalue weighted by atomic mass is 9.96. The number of fused-ring (bicyclic) bond motifs is 1. The number of halogens is 2. The molecule has 0 saturated carbocycles. The first kappa shape index (κ1) is 19.3. The van der Waals surface area contributed by atoms with E-state index in [-0.39, 0.29) is 23.5 Å². The fraction of sp³-hybridized carbons (Fsp3) is 0.227. The van der Waals surface area contributed by atoms with Crippen LogP contribution in [-0.4, -0.2) is 34.8 Å². The molecule has 2 heterocycles. The molecule has 148 valence electrons. The summed E-state index contributed by atoms with van der Waals surface area (Å²) in [5.41, 5.74) is 1.04. The Morgan fingerprint density at radius 2 is 1.90 bits per heavy atom. The van der Waals surface area contributed by atoms with Crippen LogP contribution >= 0.6 is 11.6 Å². The number of aromatic nitrogens is 1. The standard InChI is InChI=1S/C22H19ClFN3O2/c23-18-5-1-3-14-8-11-19(25-20(14)18)26-21(28)16-4-2-12-27(13-16)22(29)15-6-9-17(24)10-7-15/h1,3,5-11,16H,2,4,12-13H2,(H,25,26,28). The minimum atomic E-state index is -0.388. The smallest absolute Gasteiger partial charge is 0.253 e. The second-order valence-corrected chi connectivity index (χ2v) is 7.50. The molecule has 1 N–H and O–H groups in total. The molecule has 1 fully saturated rings. The number of piperidine rings is 1. The highest BCUT2D eigenvalue weighted by atomic mass is 35.5. The number of amides is 2. The molecule has 1 unspecified atom stereocenters. The van der Waals surface area contributed by atoms with Crippen LogP contribution in [0.4, 0.5) is 10.2 Å². The maximum Gasteiger partial charge on any atom is 0.253 e. The molecule has 1 atom stereocenters. The average Bonchev–Trinajstić information content (AvgIpc) is 2.74. The van der Waals surface area contributed by atoms with Gasteiger partial charge in [0.25, 0.3) is 5.91 Å². The van der Waals surface area contributed by atoms with Gasteiger partial charge in [0, 0.05) is 24.0 Å². The molecule has 0 bridgehead atoms. The number of hydrogen-bond donors (Lipinski definition) is 1. The van der Waals surface area contributed by atoms with E-state index in [1.165, 1.54) is 24.3 Å². The molecule has 4 rings (SSSR count). The quantitative estimate of drug-likeness (QED) is 0.689. The van der Waals surface area contributed by atoms with E-state index < -0.39 is 0 Å². The van der Waals surface area contributed by atoms with E-state index >= 15 is 0 Å². The summed E-state index contributed by atoms with van der Waals surface area (Å²) in [6.45, 7) is 0.889. The average molecular weight is 412 g/mol. The highest BCUT2D eigenvalue weighted by Crippen LogP contribution is 2.24. The van der Waals surface area contributed by atoms with Crippen molar-refractivity contribution in [1.29, 1.82) is 0 Å². The second kappa shape index (κ2) is 8.17. The van der Waals surface area contributed by atoms with Gasteiger partial charge in [-0.3, -0.25) is 9.59 Å². The number of anilines is 1. The van der Waals surface area contributed by atoms with E-state index in [1.54, 1.807) is 17.0 Å². The SMILES string of the molecule is O=C(Nc1ccc2cccc(Cl)c2n1)C1CCCN(C(=O)c2ccc(F)cc2)C1. The van der Waals surface area contributed by atoms with Gasteiger partial charge in [-0.15, -0.1) is 0 Å². The Hall–Kier alpha value is -2.99. The number of para-hydroxylation sites is 1. The molecule has 0 radical (unpaired) electrons. The highest BCUT2D eigenvalue weighted by molar-refractivity contribution is 6.35. The molecule has 0 spiro atoms. The Labute approximate surface area is 172 Å². The lowest BCUT2D eigenvalue weighted by Crippen LogP contribution is -2.43. The van der Waals surface area contributed by atoms with Crippen molar-refractivity contribution < 1.29 is 14.0 Å². The molecule has 1 aliphatic heterocycles. The van der Waals surface area contributed by atoms with E-state index in [2.05, 4.69) is 10.3 Å². The minimum Gasteiger partial charge on any atom is -0.338 e. The summed E-state index contributed by atoms with van der Waals surface area (Å²) < 4.78 is 13.1. The fourth-order valence-electron chi connectivity index (χ4n) is 3.56. The number of carbonyl (C=O) groups excluding carboxylic acids is 2. The molecular formula is C22H19ClFN3O2. The van der Waals surface area contributed by atoms with Crippen LogP contribution in [-0.2, 0) is 4.79 Å². The van der Waals surface area contributed by atoms with Gasteiger partial charge in [-0.05, 0) is 55.3 Å². The van der Waals surface area contributed by atoms with Gasteiger partial charge in [-0.1, -0.05) is 23.7 Å². The molecule has 29 heavy (non-hydrogen) atoms. The van der Waals surface area contributed by atoms with Crippen molar-refractivity contribution in [3.63, 3.8) is 0 Å². The third-order valence-corrected chi connectivity index (χ3v) is 5.40. The van der Waals surface area contributed by atoms with Gasteiger partial charge in [-0.2, -0.15) is 0 Å². The predicted octanol–water partition coefficient (Wildman–Crippen LogP) is 4.52. The van der Waals surface area contributed by atoms with Crippen LogP contribution in [0.2, 0.25) is 5.02 Å². The Morgan fingerprint density at radius 1 is 1.10 bits per heavy atom. The zero-order chi connectivity index (χ0) is 20.4. The summed E-state index contributed by atoms with van der Waals surface area (Å²) in [6, 6.07) is 14.5. The normalized spacial score (nSPS) is 16.6. The number of pyridine rings is 1. The first-order valence-electron chi connectivity index (χ1n) is 9.42. The maximum atomic E-state index is 13.1. The number of benzene rings is 2. The van der Waals surface area contributed by atoms with Crippen LogP contribution in [0.5, 0.6) is 0 Å². The molecule has 2 amide bonds. The lowest BCUT2D eigenvalue weighted by molar-refractivity contribution is -0.121. The molecule has 0 aliphatic carbocycles. The number of carbonyl (C=O) groups is 2. The lowest BCUT2D eigenvalue weighted by Gasteiger charge is -2.32. The third-order valence-electron chi connectivity index (χ3n) is 5.09. The predicted molar refractivity (Wildman–Crippen MR) is 110 cm³/mol. The van der Waals surface area contributed by atoms with E-state index in [0.717, 1.165) is 11.8 Å². The molecule has 1 aliphatic rings. The summed E-state index contributed by atoms with van der Waals surface area (Å²) >= 11 is 6.19. The number of hydrogen-bond acceptors (Lipinski definition) is 3. The van der Waals surface area contributed by atoms with Crippen molar-refractivity contribution in [2.24, 2.45) is 5.92 Å². The van der Waals surface area contributed by atoms with Gasteiger partial charge >= 0.3 is 0 Å². The van der Waals surface area contributed by atoms with Gasteiger partial charge in [-0.25, -0.2) is 9.37 Å². The van der Waals surface area contributed by atoms with Crippen molar-refractivity contribution in [1.82, 2.24) is 9.88 Å². The Balaban J connectivity index is 1.45. The molecule has 7 heteroatoms. The largest absolute Gasteiger partial charge is 0.338 e. The number of rotatable bonds is 3. The third kappa shape index (κ3) is 4.22. The monoisotopic (exact) mass is 411 g/mol. The summed E-state index contributed by atoms with van der Waals surface area (Å²) in [7, 11) is 0. The first-order chi connectivity index (χ1) is 14.0. The van der Waals surface area contributed by atoms with Gasteiger partial charge in [0.2, 0.25) is 5.91 Å². The van der Waals surface area contributed by atoms with Crippen LogP contribution < -0.4 is 5.32 Å². The van der Waals surface area contributed by atoms with Gasteiger partial charge in [0.15, 0.2) is 0 Å². The van der Waals surface area contributed by atoms with E-state index in [9.17, 15) is 14.0 Å². The summed E-state index contributed by atoms with van der Waals surface area (Å²) in [4.78, 5) is 31.5. The molecule has 1 aromatic heterocycles. The minimum absolute atomic E-state index is 0.180. The molecular weight excluding hydrogens is 393 g/mol. The zero-order valence-corrected chi connectivity index (χ0v) is 16.3. The van der Waals surface area contributed by atoms with Crippen molar-refractivity contribution in [2.45, 2.75) is 12.8 Å². The van der Waals surface area contributed by atoms with E-state index in [0.29, 0.717) is 41.4 Å². The van der Waals surface area contributed by atoms with E-state index in [4.69, 9.17) is 11.6 Å². The Kier molecular flexibility index (Phi) is 5.45. The van der Waals surface area contributed by atoms with Crippen LogP contribution in [0, 0.1) is 11.7 Å². The summed E-state index contributed by atoms with van der Waals surface area (Å²) in [6.07, 6.45) is 1.41. The maximum absolute atomic E-state index is 13.1. The van der Waals surface area contributed by atoms with Crippen LogP contribution in [0.15, 0.2) is 54.6 Å². The zero-order valence-electron chi connectivity index (χ0n) is 15.6. The Bertz CT molecular complexity index is 1070. The van der Waals surface area contributed by atoms with Crippen LogP contribution in [0.1, 0.15) is 23.2 Å². The summed E-state index contributed by atoms with van der Waals surface area (Å²) in [5.74, 6) is -0.673. The van der Waals surface area contributed by atoms with Crippen molar-refractivity contribution in [3.8, 4) is 0 Å². The van der Waals surface area contributed by atoms with Crippen LogP contribution in [0.25, 0.3) is 10.9 Å². The van der Waals surface area contributed by atoms with Crippen molar-refractivity contribution in [3.05, 3.63) is 71.0 Å². The highest BCUT2D eigenvalue weighted by Gasteiger charge is 2.29.